The predicted molar refractivity (Wildman–Crippen MR) is 91.6 cm³/mol. The fourth-order valence-electron chi connectivity index (χ4n) is 2.86. The molecule has 0 radical (unpaired) electrons. The van der Waals surface area contributed by atoms with E-state index in [2.05, 4.69) is 0 Å². The molecule has 24 heavy (non-hydrogen) atoms. The van der Waals surface area contributed by atoms with Crippen molar-refractivity contribution in [2.24, 2.45) is 0 Å². The van der Waals surface area contributed by atoms with Crippen LogP contribution in [0.5, 0.6) is 5.75 Å². The van der Waals surface area contributed by atoms with Crippen LogP contribution in [0.2, 0.25) is 0 Å². The summed E-state index contributed by atoms with van der Waals surface area (Å²) in [5, 5.41) is 9.11. The van der Waals surface area contributed by atoms with E-state index in [9.17, 15) is 9.59 Å². The quantitative estimate of drug-likeness (QED) is 0.864. The van der Waals surface area contributed by atoms with E-state index in [0.717, 1.165) is 23.3 Å². The second kappa shape index (κ2) is 6.71. The Balaban J connectivity index is 1.89. The lowest BCUT2D eigenvalue weighted by atomic mass is 9.85. The molecule has 0 atom stereocenters. The van der Waals surface area contributed by atoms with Gasteiger partial charge >= 0.3 is 5.97 Å². The molecule has 0 heterocycles. The van der Waals surface area contributed by atoms with E-state index in [1.165, 1.54) is 6.07 Å². The Kier molecular flexibility index (Phi) is 4.47. The molecule has 0 fully saturated rings. The van der Waals surface area contributed by atoms with E-state index in [4.69, 9.17) is 9.84 Å². The molecule has 0 bridgehead atoms. The van der Waals surface area contributed by atoms with Gasteiger partial charge in [-0.05, 0) is 61.2 Å². The third-order valence-electron chi connectivity index (χ3n) is 4.09. The van der Waals surface area contributed by atoms with Gasteiger partial charge < -0.3 is 9.84 Å². The number of ether oxygens (including phenoxy) is 1. The minimum absolute atomic E-state index is 0.0896. The normalized spacial score (nSPS) is 15.2. The van der Waals surface area contributed by atoms with E-state index in [1.54, 1.807) is 12.1 Å². The maximum atomic E-state index is 12.7. The first kappa shape index (κ1) is 16.0. The van der Waals surface area contributed by atoms with Crippen molar-refractivity contribution >= 4 is 17.8 Å². The molecule has 0 aliphatic heterocycles. The lowest BCUT2D eigenvalue weighted by Gasteiger charge is -2.18. The molecule has 2 aromatic carbocycles. The molecule has 4 nitrogen and oxygen atoms in total. The predicted octanol–water partition coefficient (Wildman–Crippen LogP) is 4.00. The summed E-state index contributed by atoms with van der Waals surface area (Å²) in [6, 6.07) is 12.3. The number of carbonyl (C=O) groups is 2. The van der Waals surface area contributed by atoms with Crippen molar-refractivity contribution in [1.82, 2.24) is 0 Å². The lowest BCUT2D eigenvalue weighted by Crippen LogP contribution is -2.15. The molecule has 1 N–H and O–H groups in total. The molecule has 0 unspecified atom stereocenters. The van der Waals surface area contributed by atoms with Crippen LogP contribution in [0.15, 0.2) is 48.0 Å². The molecule has 2 aromatic rings. The number of allylic oxidation sites excluding steroid dienone is 1. The van der Waals surface area contributed by atoms with Gasteiger partial charge in [-0.3, -0.25) is 4.79 Å². The summed E-state index contributed by atoms with van der Waals surface area (Å²) >= 11 is 0. The number of fused-ring (bicyclic) bond motifs is 1. The van der Waals surface area contributed by atoms with Crippen molar-refractivity contribution in [2.75, 3.05) is 6.61 Å². The van der Waals surface area contributed by atoms with Gasteiger partial charge in [-0.15, -0.1) is 0 Å². The average Bonchev–Trinajstić information content (AvgIpc) is 2.59. The largest absolute Gasteiger partial charge is 0.494 e. The highest BCUT2D eigenvalue weighted by atomic mass is 16.5. The Morgan fingerprint density at radius 2 is 1.92 bits per heavy atom. The van der Waals surface area contributed by atoms with Crippen LogP contribution in [-0.4, -0.2) is 23.5 Å². The van der Waals surface area contributed by atoms with E-state index < -0.39 is 5.97 Å². The fourth-order valence-corrected chi connectivity index (χ4v) is 2.86. The molecule has 1 aliphatic rings. The summed E-state index contributed by atoms with van der Waals surface area (Å²) in [4.78, 5) is 23.8. The smallest absolute Gasteiger partial charge is 0.335 e. The van der Waals surface area contributed by atoms with Crippen molar-refractivity contribution in [3.8, 4) is 5.75 Å². The molecule has 122 valence electrons. The van der Waals surface area contributed by atoms with Gasteiger partial charge in [0.05, 0.1) is 12.2 Å². The van der Waals surface area contributed by atoms with Crippen molar-refractivity contribution < 1.29 is 19.4 Å². The standard InChI is InChI=1S/C20H18O4/c1-2-24-17-9-3-13(4-10-17)11-15-7-5-14-6-8-16(20(22)23)12-18(14)19(15)21/h3-4,6,8-12H,2,5,7H2,1H3,(H,22,23)/b15-11+. The Morgan fingerprint density at radius 1 is 1.17 bits per heavy atom. The number of hydrogen-bond acceptors (Lipinski definition) is 3. The molecule has 1 aliphatic carbocycles. The van der Waals surface area contributed by atoms with Crippen molar-refractivity contribution in [3.63, 3.8) is 0 Å². The van der Waals surface area contributed by atoms with Gasteiger partial charge in [0.1, 0.15) is 5.75 Å². The number of ketones is 1. The summed E-state index contributed by atoms with van der Waals surface area (Å²) < 4.78 is 5.41. The first-order valence-corrected chi connectivity index (χ1v) is 7.93. The molecule has 0 amide bonds. The number of aromatic carboxylic acids is 1. The SMILES string of the molecule is CCOc1ccc(/C=C2\CCc3ccc(C(=O)O)cc3C2=O)cc1. The third-order valence-corrected chi connectivity index (χ3v) is 4.09. The summed E-state index contributed by atoms with van der Waals surface area (Å²) in [5.74, 6) is -0.312. The summed E-state index contributed by atoms with van der Waals surface area (Å²) in [6.07, 6.45) is 3.27. The second-order valence-electron chi connectivity index (χ2n) is 5.68. The Bertz CT molecular complexity index is 816. The minimum atomic E-state index is -1.02. The highest BCUT2D eigenvalue weighted by Gasteiger charge is 2.23. The average molecular weight is 322 g/mol. The van der Waals surface area contributed by atoms with Gasteiger partial charge in [-0.1, -0.05) is 18.2 Å². The van der Waals surface area contributed by atoms with Crippen LogP contribution in [0.3, 0.4) is 0 Å². The molecule has 0 aromatic heterocycles. The van der Waals surface area contributed by atoms with Gasteiger partial charge in [0.2, 0.25) is 0 Å². The zero-order valence-electron chi connectivity index (χ0n) is 13.4. The maximum Gasteiger partial charge on any atom is 0.335 e. The van der Waals surface area contributed by atoms with Crippen LogP contribution in [0.1, 0.15) is 45.2 Å². The summed E-state index contributed by atoms with van der Waals surface area (Å²) in [6.45, 7) is 2.54. The molecular formula is C20H18O4. The second-order valence-corrected chi connectivity index (χ2v) is 5.68. The number of carboxylic acids is 1. The summed E-state index contributed by atoms with van der Waals surface area (Å²) in [5.41, 5.74) is 3.19. The highest BCUT2D eigenvalue weighted by molar-refractivity contribution is 6.13. The topological polar surface area (TPSA) is 63.6 Å². The molecule has 3 rings (SSSR count). The highest BCUT2D eigenvalue weighted by Crippen LogP contribution is 2.28. The summed E-state index contributed by atoms with van der Waals surface area (Å²) in [7, 11) is 0. The zero-order chi connectivity index (χ0) is 17.1. The third kappa shape index (κ3) is 3.23. The first-order valence-electron chi connectivity index (χ1n) is 7.93. The van der Waals surface area contributed by atoms with Crippen LogP contribution in [0, 0.1) is 0 Å². The number of carboxylic acid groups (broad SMARTS) is 1. The van der Waals surface area contributed by atoms with Gasteiger partial charge in [0, 0.05) is 11.1 Å². The van der Waals surface area contributed by atoms with Crippen molar-refractivity contribution in [2.45, 2.75) is 19.8 Å². The van der Waals surface area contributed by atoms with Gasteiger partial charge in [-0.25, -0.2) is 4.79 Å². The van der Waals surface area contributed by atoms with E-state index in [0.29, 0.717) is 24.2 Å². The lowest BCUT2D eigenvalue weighted by molar-refractivity contribution is 0.0697. The monoisotopic (exact) mass is 322 g/mol. The number of Topliss-reactive ketones (excluding diaryl/α,β-unsaturated/α-hetero) is 1. The molecule has 0 spiro atoms. The maximum absolute atomic E-state index is 12.7. The van der Waals surface area contributed by atoms with Gasteiger partial charge in [0.25, 0.3) is 0 Å². The number of rotatable bonds is 4. The Morgan fingerprint density at radius 3 is 2.58 bits per heavy atom. The molecule has 4 heteroatoms. The van der Waals surface area contributed by atoms with E-state index >= 15 is 0 Å². The van der Waals surface area contributed by atoms with Crippen LogP contribution < -0.4 is 4.74 Å². The van der Waals surface area contributed by atoms with Crippen molar-refractivity contribution in [3.05, 3.63) is 70.3 Å². The Labute approximate surface area is 140 Å². The molecule has 0 saturated heterocycles. The molecular weight excluding hydrogens is 304 g/mol. The van der Waals surface area contributed by atoms with E-state index in [-0.39, 0.29) is 11.3 Å². The van der Waals surface area contributed by atoms with E-state index in [1.807, 2.05) is 37.3 Å². The number of aryl methyl sites for hydroxylation is 1. The van der Waals surface area contributed by atoms with Gasteiger partial charge in [0.15, 0.2) is 5.78 Å². The Hall–Kier alpha value is -2.88. The number of hydrogen-bond donors (Lipinski definition) is 1. The van der Waals surface area contributed by atoms with Crippen LogP contribution in [0.25, 0.3) is 6.08 Å². The number of benzene rings is 2. The fraction of sp³-hybridized carbons (Fsp3) is 0.200. The van der Waals surface area contributed by atoms with Gasteiger partial charge in [-0.2, -0.15) is 0 Å². The minimum Gasteiger partial charge on any atom is -0.494 e. The van der Waals surface area contributed by atoms with Crippen molar-refractivity contribution in [1.29, 1.82) is 0 Å². The van der Waals surface area contributed by atoms with Crippen LogP contribution >= 0.6 is 0 Å². The number of carbonyl (C=O) groups excluding carboxylic acids is 1. The van der Waals surface area contributed by atoms with Crippen LogP contribution in [0.4, 0.5) is 0 Å². The first-order chi connectivity index (χ1) is 11.6. The molecule has 0 saturated carbocycles. The zero-order valence-corrected chi connectivity index (χ0v) is 13.4. The van der Waals surface area contributed by atoms with Crippen LogP contribution in [-0.2, 0) is 6.42 Å².